The number of carbonyl (C=O) groups is 1. The summed E-state index contributed by atoms with van der Waals surface area (Å²) >= 11 is 6.16. The zero-order valence-electron chi connectivity index (χ0n) is 12.5. The molecule has 0 aliphatic carbocycles. The molecule has 1 rings (SSSR count). The lowest BCUT2D eigenvalue weighted by atomic mass is 10.1. The third-order valence-electron chi connectivity index (χ3n) is 3.27. The van der Waals surface area contributed by atoms with E-state index in [0.29, 0.717) is 10.8 Å². The molecule has 1 aromatic rings. The maximum Gasteiger partial charge on any atom is 0.258 e. The van der Waals surface area contributed by atoms with Crippen LogP contribution in [-0.2, 0) is 4.79 Å². The SMILES string of the molecule is CCC(C)NC(=O)COc1ccc(C(C)NC)cc1Cl. The average Bonchev–Trinajstić information content (AvgIpc) is 2.44. The Morgan fingerprint density at radius 3 is 2.65 bits per heavy atom. The van der Waals surface area contributed by atoms with Gasteiger partial charge in [0.05, 0.1) is 5.02 Å². The predicted molar refractivity (Wildman–Crippen MR) is 82.3 cm³/mol. The van der Waals surface area contributed by atoms with E-state index in [4.69, 9.17) is 16.3 Å². The van der Waals surface area contributed by atoms with E-state index in [-0.39, 0.29) is 24.6 Å². The van der Waals surface area contributed by atoms with Gasteiger partial charge in [0.2, 0.25) is 0 Å². The Hall–Kier alpha value is -1.26. The molecule has 2 unspecified atom stereocenters. The number of amides is 1. The quantitative estimate of drug-likeness (QED) is 0.814. The van der Waals surface area contributed by atoms with Crippen LogP contribution in [0.1, 0.15) is 38.8 Å². The molecule has 1 amide bonds. The van der Waals surface area contributed by atoms with Crippen LogP contribution < -0.4 is 15.4 Å². The summed E-state index contributed by atoms with van der Waals surface area (Å²) in [6.45, 7) is 6.00. The van der Waals surface area contributed by atoms with Crippen molar-refractivity contribution in [2.75, 3.05) is 13.7 Å². The van der Waals surface area contributed by atoms with Gasteiger partial charge in [-0.2, -0.15) is 0 Å². The van der Waals surface area contributed by atoms with Gasteiger partial charge in [-0.15, -0.1) is 0 Å². The Morgan fingerprint density at radius 1 is 1.40 bits per heavy atom. The first-order chi connectivity index (χ1) is 9.47. The Kier molecular flexibility index (Phi) is 6.82. The summed E-state index contributed by atoms with van der Waals surface area (Å²) in [5.74, 6) is 0.390. The first-order valence-electron chi connectivity index (χ1n) is 6.86. The van der Waals surface area contributed by atoms with Gasteiger partial charge in [0.1, 0.15) is 5.75 Å². The minimum absolute atomic E-state index is 0.0228. The van der Waals surface area contributed by atoms with E-state index < -0.39 is 0 Å². The van der Waals surface area contributed by atoms with Crippen LogP contribution in [0.25, 0.3) is 0 Å². The Balaban J connectivity index is 2.59. The maximum atomic E-state index is 11.6. The minimum Gasteiger partial charge on any atom is -0.482 e. The number of nitrogens with one attached hydrogen (secondary N) is 2. The fourth-order valence-corrected chi connectivity index (χ4v) is 1.88. The van der Waals surface area contributed by atoms with Gasteiger partial charge in [-0.05, 0) is 45.0 Å². The molecule has 2 atom stereocenters. The van der Waals surface area contributed by atoms with Gasteiger partial charge in [0.15, 0.2) is 6.61 Å². The highest BCUT2D eigenvalue weighted by molar-refractivity contribution is 6.32. The molecular formula is C15H23ClN2O2. The Bertz CT molecular complexity index is 451. The molecule has 4 nitrogen and oxygen atoms in total. The van der Waals surface area contributed by atoms with Crippen molar-refractivity contribution >= 4 is 17.5 Å². The van der Waals surface area contributed by atoms with Crippen molar-refractivity contribution in [2.45, 2.75) is 39.3 Å². The van der Waals surface area contributed by atoms with Gasteiger partial charge in [-0.1, -0.05) is 24.6 Å². The summed E-state index contributed by atoms with van der Waals surface area (Å²) in [6.07, 6.45) is 0.892. The van der Waals surface area contributed by atoms with E-state index in [9.17, 15) is 4.79 Å². The van der Waals surface area contributed by atoms with Crippen LogP contribution >= 0.6 is 11.6 Å². The molecule has 0 saturated carbocycles. The Morgan fingerprint density at radius 2 is 2.10 bits per heavy atom. The van der Waals surface area contributed by atoms with E-state index in [1.807, 2.05) is 40.0 Å². The first kappa shape index (κ1) is 16.8. The topological polar surface area (TPSA) is 50.4 Å². The van der Waals surface area contributed by atoms with Crippen molar-refractivity contribution in [3.05, 3.63) is 28.8 Å². The van der Waals surface area contributed by atoms with Crippen LogP contribution in [0.4, 0.5) is 0 Å². The van der Waals surface area contributed by atoms with Crippen molar-refractivity contribution in [1.29, 1.82) is 0 Å². The number of hydrogen-bond acceptors (Lipinski definition) is 3. The second-order valence-electron chi connectivity index (χ2n) is 4.87. The van der Waals surface area contributed by atoms with Crippen LogP contribution in [0.2, 0.25) is 5.02 Å². The monoisotopic (exact) mass is 298 g/mol. The number of halogens is 1. The van der Waals surface area contributed by atoms with E-state index in [1.165, 1.54) is 0 Å². The summed E-state index contributed by atoms with van der Waals surface area (Å²) in [6, 6.07) is 5.96. The summed E-state index contributed by atoms with van der Waals surface area (Å²) in [5.41, 5.74) is 1.08. The van der Waals surface area contributed by atoms with Crippen molar-refractivity contribution in [2.24, 2.45) is 0 Å². The lowest BCUT2D eigenvalue weighted by Crippen LogP contribution is -2.35. The second-order valence-corrected chi connectivity index (χ2v) is 5.27. The summed E-state index contributed by atoms with van der Waals surface area (Å²) in [5, 5.41) is 6.50. The smallest absolute Gasteiger partial charge is 0.258 e. The predicted octanol–water partition coefficient (Wildman–Crippen LogP) is 2.91. The molecule has 5 heteroatoms. The zero-order chi connectivity index (χ0) is 15.1. The van der Waals surface area contributed by atoms with Crippen LogP contribution in [-0.4, -0.2) is 25.6 Å². The van der Waals surface area contributed by atoms with E-state index in [1.54, 1.807) is 6.07 Å². The molecule has 0 radical (unpaired) electrons. The molecule has 0 bridgehead atoms. The lowest BCUT2D eigenvalue weighted by Gasteiger charge is -2.14. The van der Waals surface area contributed by atoms with Crippen LogP contribution in [0.5, 0.6) is 5.75 Å². The molecule has 112 valence electrons. The molecule has 0 heterocycles. The van der Waals surface area contributed by atoms with Crippen molar-refractivity contribution in [3.8, 4) is 5.75 Å². The standard InChI is InChI=1S/C15H23ClN2O2/c1-5-10(2)18-15(19)9-20-14-7-6-12(8-13(14)16)11(3)17-4/h6-8,10-11,17H,5,9H2,1-4H3,(H,18,19). The van der Waals surface area contributed by atoms with Crippen molar-refractivity contribution in [1.82, 2.24) is 10.6 Å². The molecule has 0 fully saturated rings. The maximum absolute atomic E-state index is 11.6. The molecular weight excluding hydrogens is 276 g/mol. The molecule has 0 aliphatic rings. The summed E-state index contributed by atoms with van der Waals surface area (Å²) in [4.78, 5) is 11.6. The lowest BCUT2D eigenvalue weighted by molar-refractivity contribution is -0.123. The fourth-order valence-electron chi connectivity index (χ4n) is 1.63. The first-order valence-corrected chi connectivity index (χ1v) is 7.24. The average molecular weight is 299 g/mol. The Labute approximate surface area is 125 Å². The summed E-state index contributed by atoms with van der Waals surface area (Å²) < 4.78 is 5.45. The molecule has 2 N–H and O–H groups in total. The third-order valence-corrected chi connectivity index (χ3v) is 3.56. The zero-order valence-corrected chi connectivity index (χ0v) is 13.3. The molecule has 1 aromatic carbocycles. The van der Waals surface area contributed by atoms with Gasteiger partial charge in [-0.25, -0.2) is 0 Å². The van der Waals surface area contributed by atoms with Crippen molar-refractivity contribution < 1.29 is 9.53 Å². The van der Waals surface area contributed by atoms with Crippen LogP contribution in [0.3, 0.4) is 0 Å². The van der Waals surface area contributed by atoms with Crippen LogP contribution in [0.15, 0.2) is 18.2 Å². The largest absolute Gasteiger partial charge is 0.482 e. The van der Waals surface area contributed by atoms with Gasteiger partial charge < -0.3 is 15.4 Å². The number of ether oxygens (including phenoxy) is 1. The second kappa shape index (κ2) is 8.12. The van der Waals surface area contributed by atoms with Gasteiger partial charge in [0, 0.05) is 12.1 Å². The highest BCUT2D eigenvalue weighted by Crippen LogP contribution is 2.27. The molecule has 0 saturated heterocycles. The van der Waals surface area contributed by atoms with Gasteiger partial charge in [-0.3, -0.25) is 4.79 Å². The third kappa shape index (κ3) is 5.02. The molecule has 20 heavy (non-hydrogen) atoms. The molecule has 0 spiro atoms. The van der Waals surface area contributed by atoms with Gasteiger partial charge >= 0.3 is 0 Å². The van der Waals surface area contributed by atoms with Crippen LogP contribution in [0, 0.1) is 0 Å². The normalized spacial score (nSPS) is 13.7. The molecule has 0 aliphatic heterocycles. The minimum atomic E-state index is -0.136. The summed E-state index contributed by atoms with van der Waals surface area (Å²) in [7, 11) is 1.89. The molecule has 0 aromatic heterocycles. The highest BCUT2D eigenvalue weighted by Gasteiger charge is 2.10. The van der Waals surface area contributed by atoms with E-state index >= 15 is 0 Å². The number of hydrogen-bond donors (Lipinski definition) is 2. The van der Waals surface area contributed by atoms with Crippen molar-refractivity contribution in [3.63, 3.8) is 0 Å². The highest BCUT2D eigenvalue weighted by atomic mass is 35.5. The number of benzene rings is 1. The van der Waals surface area contributed by atoms with E-state index in [0.717, 1.165) is 12.0 Å². The fraction of sp³-hybridized carbons (Fsp3) is 0.533. The number of carbonyl (C=O) groups excluding carboxylic acids is 1. The van der Waals surface area contributed by atoms with E-state index in [2.05, 4.69) is 10.6 Å². The number of rotatable bonds is 7. The van der Waals surface area contributed by atoms with Gasteiger partial charge in [0.25, 0.3) is 5.91 Å².